The van der Waals surface area contributed by atoms with Crippen LogP contribution in [0.5, 0.6) is 0 Å². The molecule has 3 aromatic rings. The Morgan fingerprint density at radius 2 is 2.04 bits per heavy atom. The minimum Gasteiger partial charge on any atom is -0.392 e. The molecule has 0 bridgehead atoms. The van der Waals surface area contributed by atoms with Crippen LogP contribution in [0.4, 0.5) is 0 Å². The highest BCUT2D eigenvalue weighted by Gasteiger charge is 2.29. The topological polar surface area (TPSA) is 90.3 Å². The van der Waals surface area contributed by atoms with Crippen LogP contribution in [0.1, 0.15) is 42.6 Å². The summed E-state index contributed by atoms with van der Waals surface area (Å²) in [7, 11) is 0. The van der Waals surface area contributed by atoms with Crippen LogP contribution >= 0.6 is 0 Å². The van der Waals surface area contributed by atoms with Gasteiger partial charge in [-0.25, -0.2) is 4.79 Å². The van der Waals surface area contributed by atoms with Crippen LogP contribution in [0.15, 0.2) is 47.3 Å². The number of benzene rings is 2. The van der Waals surface area contributed by atoms with Crippen molar-refractivity contribution >= 4 is 11.0 Å². The first kappa shape index (κ1) is 18.9. The number of imidazole rings is 1. The second kappa shape index (κ2) is 7.91. The summed E-state index contributed by atoms with van der Waals surface area (Å²) in [6.07, 6.45) is 1.86. The third kappa shape index (κ3) is 3.63. The zero-order chi connectivity index (χ0) is 19.7. The Labute approximate surface area is 163 Å². The minimum absolute atomic E-state index is 0.0569. The van der Waals surface area contributed by atoms with E-state index in [1.165, 1.54) is 5.56 Å². The first-order valence-corrected chi connectivity index (χ1v) is 9.91. The molecule has 1 aliphatic rings. The molecule has 2 aromatic carbocycles. The van der Waals surface area contributed by atoms with Gasteiger partial charge >= 0.3 is 5.69 Å². The molecule has 6 heteroatoms. The number of nitrogens with zero attached hydrogens (tertiary/aromatic N) is 1. The van der Waals surface area contributed by atoms with Crippen molar-refractivity contribution in [1.82, 2.24) is 14.9 Å². The molecule has 0 fully saturated rings. The molecule has 0 spiro atoms. The molecule has 0 radical (unpaired) electrons. The quantitative estimate of drug-likeness (QED) is 0.527. The molecule has 28 heavy (non-hydrogen) atoms. The van der Waals surface area contributed by atoms with Crippen LogP contribution in [-0.4, -0.2) is 31.8 Å². The van der Waals surface area contributed by atoms with Gasteiger partial charge in [-0.3, -0.25) is 4.57 Å². The van der Waals surface area contributed by atoms with Crippen LogP contribution < -0.4 is 11.0 Å². The van der Waals surface area contributed by atoms with E-state index in [0.717, 1.165) is 35.0 Å². The maximum atomic E-state index is 12.2. The molecular formula is C22H27N3O3. The molecule has 4 N–H and O–H groups in total. The van der Waals surface area contributed by atoms with Crippen molar-refractivity contribution in [2.24, 2.45) is 0 Å². The summed E-state index contributed by atoms with van der Waals surface area (Å²) in [5.74, 6) is 0. The number of H-pyrrole nitrogens is 1. The molecule has 1 aliphatic heterocycles. The fraction of sp³-hybridized carbons (Fsp3) is 0.409. The summed E-state index contributed by atoms with van der Waals surface area (Å²) < 4.78 is 1.74. The molecule has 0 saturated heterocycles. The van der Waals surface area contributed by atoms with Crippen LogP contribution in [0.3, 0.4) is 0 Å². The van der Waals surface area contributed by atoms with Crippen molar-refractivity contribution in [2.75, 3.05) is 0 Å². The maximum absolute atomic E-state index is 12.2. The van der Waals surface area contributed by atoms with Gasteiger partial charge in [0.1, 0.15) is 0 Å². The van der Waals surface area contributed by atoms with Gasteiger partial charge in [-0.1, -0.05) is 36.4 Å². The van der Waals surface area contributed by atoms with Gasteiger partial charge in [0.25, 0.3) is 0 Å². The summed E-state index contributed by atoms with van der Waals surface area (Å²) >= 11 is 0. The third-order valence-corrected chi connectivity index (χ3v) is 5.73. The van der Waals surface area contributed by atoms with E-state index in [-0.39, 0.29) is 24.4 Å². The van der Waals surface area contributed by atoms with Gasteiger partial charge in [-0.05, 0) is 43.4 Å². The van der Waals surface area contributed by atoms with Crippen LogP contribution in [-0.2, 0) is 19.6 Å². The normalized spacial score (nSPS) is 20.2. The standard InChI is InChI=1S/C22H27N3O3/c1-14(8-9-15-4-2-5-16(12-15)13-26)23-19-10-11-25-20-17(21(19)27)6-3-7-18(20)24-22(25)28/h2-7,12,14,19,21,23,26-27H,8-11,13H2,1H3,(H,24,28)/t14?,19-,21?/m1/s1. The van der Waals surface area contributed by atoms with Crippen LogP contribution in [0.25, 0.3) is 11.0 Å². The first-order chi connectivity index (χ1) is 13.6. The van der Waals surface area contributed by atoms with E-state index in [0.29, 0.717) is 13.0 Å². The summed E-state index contributed by atoms with van der Waals surface area (Å²) in [5.41, 5.74) is 4.41. The first-order valence-electron chi connectivity index (χ1n) is 9.91. The van der Waals surface area contributed by atoms with E-state index < -0.39 is 6.10 Å². The van der Waals surface area contributed by atoms with Crippen molar-refractivity contribution in [3.05, 3.63) is 69.6 Å². The van der Waals surface area contributed by atoms with Crippen LogP contribution in [0, 0.1) is 0 Å². The number of aliphatic hydroxyl groups is 2. The number of aliphatic hydroxyl groups excluding tert-OH is 2. The number of para-hydroxylation sites is 1. The van der Waals surface area contributed by atoms with E-state index in [4.69, 9.17) is 0 Å². The summed E-state index contributed by atoms with van der Waals surface area (Å²) in [4.78, 5) is 15.1. The fourth-order valence-electron chi connectivity index (χ4n) is 4.23. The Morgan fingerprint density at radius 1 is 1.25 bits per heavy atom. The molecule has 1 aromatic heterocycles. The molecule has 0 saturated carbocycles. The smallest absolute Gasteiger partial charge is 0.326 e. The molecule has 4 rings (SSSR count). The highest BCUT2D eigenvalue weighted by molar-refractivity contribution is 5.79. The van der Waals surface area contributed by atoms with Gasteiger partial charge in [0.2, 0.25) is 0 Å². The second-order valence-electron chi connectivity index (χ2n) is 7.75. The number of hydrogen-bond acceptors (Lipinski definition) is 4. The van der Waals surface area contributed by atoms with Crippen molar-refractivity contribution in [2.45, 2.75) is 57.5 Å². The number of nitrogens with one attached hydrogen (secondary N) is 2. The largest absolute Gasteiger partial charge is 0.392 e. The zero-order valence-corrected chi connectivity index (χ0v) is 16.1. The predicted molar refractivity (Wildman–Crippen MR) is 109 cm³/mol. The second-order valence-corrected chi connectivity index (χ2v) is 7.75. The molecular weight excluding hydrogens is 354 g/mol. The number of aromatic nitrogens is 2. The lowest BCUT2D eigenvalue weighted by atomic mass is 9.98. The maximum Gasteiger partial charge on any atom is 0.326 e. The van der Waals surface area contributed by atoms with Gasteiger partial charge < -0.3 is 20.5 Å². The number of aromatic amines is 1. The van der Waals surface area contributed by atoms with Crippen molar-refractivity contribution in [3.63, 3.8) is 0 Å². The molecule has 2 unspecified atom stereocenters. The van der Waals surface area contributed by atoms with Crippen molar-refractivity contribution in [3.8, 4) is 0 Å². The Hall–Kier alpha value is -2.41. The Kier molecular flexibility index (Phi) is 5.35. The SMILES string of the molecule is CC(CCc1cccc(CO)c1)N[C@@H]1CCn2c(=O)[nH]c3cccc(c32)C1O. The number of aryl methyl sites for hydroxylation is 2. The predicted octanol–water partition coefficient (Wildman–Crippen LogP) is 2.24. The van der Waals surface area contributed by atoms with Gasteiger partial charge in [-0.2, -0.15) is 0 Å². The third-order valence-electron chi connectivity index (χ3n) is 5.73. The van der Waals surface area contributed by atoms with Gasteiger partial charge in [0, 0.05) is 24.2 Å². The Bertz CT molecular complexity index is 1020. The summed E-state index contributed by atoms with van der Waals surface area (Å²) in [6, 6.07) is 13.8. The monoisotopic (exact) mass is 381 g/mol. The average Bonchev–Trinajstić information content (AvgIpc) is 2.96. The lowest BCUT2D eigenvalue weighted by molar-refractivity contribution is 0.119. The van der Waals surface area contributed by atoms with Crippen molar-refractivity contribution in [1.29, 1.82) is 0 Å². The van der Waals surface area contributed by atoms with E-state index >= 15 is 0 Å². The van der Waals surface area contributed by atoms with Crippen molar-refractivity contribution < 1.29 is 10.2 Å². The summed E-state index contributed by atoms with van der Waals surface area (Å²) in [5, 5.41) is 23.9. The van der Waals surface area contributed by atoms with Gasteiger partial charge in [0.15, 0.2) is 0 Å². The van der Waals surface area contributed by atoms with E-state index in [1.54, 1.807) is 4.57 Å². The molecule has 3 atom stereocenters. The molecule has 2 heterocycles. The minimum atomic E-state index is -0.659. The van der Waals surface area contributed by atoms with E-state index in [2.05, 4.69) is 23.3 Å². The van der Waals surface area contributed by atoms with Gasteiger partial charge in [0.05, 0.1) is 23.7 Å². The highest BCUT2D eigenvalue weighted by Crippen LogP contribution is 2.30. The lowest BCUT2D eigenvalue weighted by Crippen LogP contribution is -2.41. The Balaban J connectivity index is 1.45. The van der Waals surface area contributed by atoms with E-state index in [1.807, 2.05) is 36.4 Å². The lowest BCUT2D eigenvalue weighted by Gasteiger charge is -2.26. The van der Waals surface area contributed by atoms with Crippen LogP contribution in [0.2, 0.25) is 0 Å². The molecule has 0 aliphatic carbocycles. The highest BCUT2D eigenvalue weighted by atomic mass is 16.3. The Morgan fingerprint density at radius 3 is 2.86 bits per heavy atom. The van der Waals surface area contributed by atoms with E-state index in [9.17, 15) is 15.0 Å². The zero-order valence-electron chi connectivity index (χ0n) is 16.1. The summed E-state index contributed by atoms with van der Waals surface area (Å²) in [6.45, 7) is 2.76. The number of rotatable bonds is 6. The van der Waals surface area contributed by atoms with Gasteiger partial charge in [-0.15, -0.1) is 0 Å². The molecule has 0 amide bonds. The average molecular weight is 381 g/mol. The molecule has 148 valence electrons. The molecule has 6 nitrogen and oxygen atoms in total. The number of hydrogen-bond donors (Lipinski definition) is 4. The fourth-order valence-corrected chi connectivity index (χ4v) is 4.23.